The summed E-state index contributed by atoms with van der Waals surface area (Å²) in [5.74, 6) is 0.274. The molecule has 4 heteroatoms. The molecule has 2 N–H and O–H groups in total. The van der Waals surface area contributed by atoms with Gasteiger partial charge in [0.05, 0.1) is 0 Å². The highest BCUT2D eigenvalue weighted by Gasteiger charge is 2.28. The van der Waals surface area contributed by atoms with Crippen molar-refractivity contribution in [3.8, 4) is 0 Å². The third kappa shape index (κ3) is 4.80. The van der Waals surface area contributed by atoms with Crippen molar-refractivity contribution in [2.75, 3.05) is 6.54 Å². The maximum Gasteiger partial charge on any atom is 0.222 e. The topological polar surface area (TPSA) is 46.3 Å². The van der Waals surface area contributed by atoms with Gasteiger partial charge in [0, 0.05) is 25.0 Å². The maximum absolute atomic E-state index is 12.2. The highest BCUT2D eigenvalue weighted by Crippen LogP contribution is 2.22. The van der Waals surface area contributed by atoms with Crippen molar-refractivity contribution < 1.29 is 4.79 Å². The smallest absolute Gasteiger partial charge is 0.222 e. The van der Waals surface area contributed by atoms with E-state index in [-0.39, 0.29) is 24.4 Å². The molecule has 1 aromatic carbocycles. The Morgan fingerprint density at radius 3 is 2.75 bits per heavy atom. The van der Waals surface area contributed by atoms with E-state index in [1.54, 1.807) is 0 Å². The van der Waals surface area contributed by atoms with Gasteiger partial charge in [-0.05, 0) is 38.2 Å². The second-order valence-corrected chi connectivity index (χ2v) is 5.59. The lowest BCUT2D eigenvalue weighted by Gasteiger charge is -2.25. The van der Waals surface area contributed by atoms with Gasteiger partial charge >= 0.3 is 0 Å². The largest absolute Gasteiger partial charge is 0.339 e. The summed E-state index contributed by atoms with van der Waals surface area (Å²) in [5.41, 5.74) is 7.05. The van der Waals surface area contributed by atoms with Crippen molar-refractivity contribution in [1.29, 1.82) is 0 Å². The summed E-state index contributed by atoms with van der Waals surface area (Å²) in [4.78, 5) is 14.3. The number of amides is 1. The Morgan fingerprint density at radius 2 is 2.10 bits per heavy atom. The quantitative estimate of drug-likeness (QED) is 0.908. The van der Waals surface area contributed by atoms with Gasteiger partial charge in [-0.3, -0.25) is 4.79 Å². The molecular formula is C16H25ClN2O. The monoisotopic (exact) mass is 296 g/mol. The van der Waals surface area contributed by atoms with E-state index < -0.39 is 0 Å². The molecule has 2 atom stereocenters. The lowest BCUT2D eigenvalue weighted by molar-refractivity contribution is -0.132. The van der Waals surface area contributed by atoms with Crippen molar-refractivity contribution in [1.82, 2.24) is 4.90 Å². The highest BCUT2D eigenvalue weighted by molar-refractivity contribution is 5.85. The van der Waals surface area contributed by atoms with Crippen molar-refractivity contribution in [2.45, 2.75) is 51.1 Å². The maximum atomic E-state index is 12.2. The molecule has 0 spiro atoms. The zero-order valence-electron chi connectivity index (χ0n) is 12.1. The summed E-state index contributed by atoms with van der Waals surface area (Å²) in [6.45, 7) is 2.87. The highest BCUT2D eigenvalue weighted by atomic mass is 35.5. The third-order valence-corrected chi connectivity index (χ3v) is 3.83. The molecule has 0 radical (unpaired) electrons. The number of benzene rings is 1. The van der Waals surface area contributed by atoms with E-state index in [0.717, 1.165) is 32.2 Å². The lowest BCUT2D eigenvalue weighted by Crippen LogP contribution is -2.37. The SMILES string of the molecule is CC(N)CCC(=O)N1CCCC1Cc1ccccc1.Cl. The summed E-state index contributed by atoms with van der Waals surface area (Å²) >= 11 is 0. The van der Waals surface area contributed by atoms with Crippen LogP contribution in [0.1, 0.15) is 38.2 Å². The molecule has 1 saturated heterocycles. The molecule has 0 saturated carbocycles. The van der Waals surface area contributed by atoms with E-state index >= 15 is 0 Å². The number of hydrogen-bond donors (Lipinski definition) is 1. The molecule has 1 aliphatic heterocycles. The van der Waals surface area contributed by atoms with Crippen LogP contribution in [0.5, 0.6) is 0 Å². The Bertz CT molecular complexity index is 408. The molecule has 0 bridgehead atoms. The first-order chi connectivity index (χ1) is 9.16. The number of hydrogen-bond acceptors (Lipinski definition) is 2. The number of rotatable bonds is 5. The van der Waals surface area contributed by atoms with Gasteiger partial charge in [0.25, 0.3) is 0 Å². The predicted molar refractivity (Wildman–Crippen MR) is 85.0 cm³/mol. The van der Waals surface area contributed by atoms with Crippen LogP contribution in [0.4, 0.5) is 0 Å². The zero-order chi connectivity index (χ0) is 13.7. The summed E-state index contributed by atoms with van der Waals surface area (Å²) in [7, 11) is 0. The van der Waals surface area contributed by atoms with Gasteiger partial charge in [0.15, 0.2) is 0 Å². The Kier molecular flexibility index (Phi) is 7.03. The minimum Gasteiger partial charge on any atom is -0.339 e. The number of nitrogens with zero attached hydrogens (tertiary/aromatic N) is 1. The number of carbonyl (C=O) groups excluding carboxylic acids is 1. The second kappa shape index (κ2) is 8.28. The second-order valence-electron chi connectivity index (χ2n) is 5.59. The molecule has 1 heterocycles. The minimum atomic E-state index is 0. The van der Waals surface area contributed by atoms with Gasteiger partial charge in [-0.15, -0.1) is 12.4 Å². The van der Waals surface area contributed by atoms with Gasteiger partial charge in [0.1, 0.15) is 0 Å². The average Bonchev–Trinajstić information content (AvgIpc) is 2.85. The first-order valence-corrected chi connectivity index (χ1v) is 7.26. The number of halogens is 1. The van der Waals surface area contributed by atoms with Crippen molar-refractivity contribution >= 4 is 18.3 Å². The van der Waals surface area contributed by atoms with Gasteiger partial charge in [-0.25, -0.2) is 0 Å². The van der Waals surface area contributed by atoms with Crippen LogP contribution in [0.3, 0.4) is 0 Å². The third-order valence-electron chi connectivity index (χ3n) is 3.83. The Morgan fingerprint density at radius 1 is 1.40 bits per heavy atom. The summed E-state index contributed by atoms with van der Waals surface area (Å²) < 4.78 is 0. The molecule has 1 aliphatic rings. The van der Waals surface area contributed by atoms with E-state index in [2.05, 4.69) is 29.2 Å². The minimum absolute atomic E-state index is 0. The molecule has 1 amide bonds. The van der Waals surface area contributed by atoms with E-state index in [0.29, 0.717) is 12.5 Å². The molecule has 2 unspecified atom stereocenters. The van der Waals surface area contributed by atoms with Crippen LogP contribution in [0.15, 0.2) is 30.3 Å². The van der Waals surface area contributed by atoms with Gasteiger partial charge < -0.3 is 10.6 Å². The Hall–Kier alpha value is -1.06. The predicted octanol–water partition coefficient (Wildman–Crippen LogP) is 2.77. The van der Waals surface area contributed by atoms with E-state index in [9.17, 15) is 4.79 Å². The fraction of sp³-hybridized carbons (Fsp3) is 0.562. The normalized spacial score (nSPS) is 19.5. The summed E-state index contributed by atoms with van der Waals surface area (Å²) in [6, 6.07) is 10.9. The van der Waals surface area contributed by atoms with Crippen LogP contribution < -0.4 is 5.73 Å². The average molecular weight is 297 g/mol. The lowest BCUT2D eigenvalue weighted by atomic mass is 10.0. The molecule has 0 aliphatic carbocycles. The van der Waals surface area contributed by atoms with Crippen LogP contribution in [0, 0.1) is 0 Å². The van der Waals surface area contributed by atoms with E-state index in [4.69, 9.17) is 5.73 Å². The van der Waals surface area contributed by atoms with Crippen molar-refractivity contribution in [2.24, 2.45) is 5.73 Å². The van der Waals surface area contributed by atoms with E-state index in [1.807, 2.05) is 13.0 Å². The standard InChI is InChI=1S/C16H24N2O.ClH/c1-13(17)9-10-16(19)18-11-5-8-15(18)12-14-6-3-2-4-7-14;/h2-4,6-7,13,15H,5,8-12,17H2,1H3;1H. The number of carbonyl (C=O) groups is 1. The van der Waals surface area contributed by atoms with Crippen molar-refractivity contribution in [3.63, 3.8) is 0 Å². The van der Waals surface area contributed by atoms with Crippen LogP contribution in [0.2, 0.25) is 0 Å². The first kappa shape index (κ1) is 17.0. The van der Waals surface area contributed by atoms with Gasteiger partial charge in [0.2, 0.25) is 5.91 Å². The molecule has 112 valence electrons. The molecule has 1 fully saturated rings. The number of likely N-dealkylation sites (tertiary alicyclic amines) is 1. The fourth-order valence-electron chi connectivity index (χ4n) is 2.76. The molecule has 20 heavy (non-hydrogen) atoms. The summed E-state index contributed by atoms with van der Waals surface area (Å²) in [5, 5.41) is 0. The molecule has 3 nitrogen and oxygen atoms in total. The van der Waals surface area contributed by atoms with Crippen LogP contribution in [0.25, 0.3) is 0 Å². The first-order valence-electron chi connectivity index (χ1n) is 7.26. The Balaban J connectivity index is 0.00000200. The van der Waals surface area contributed by atoms with Crippen LogP contribution in [-0.4, -0.2) is 29.4 Å². The number of nitrogens with two attached hydrogens (primary N) is 1. The van der Waals surface area contributed by atoms with Crippen LogP contribution in [-0.2, 0) is 11.2 Å². The van der Waals surface area contributed by atoms with Crippen molar-refractivity contribution in [3.05, 3.63) is 35.9 Å². The van der Waals surface area contributed by atoms with Gasteiger partial charge in [-0.1, -0.05) is 30.3 Å². The molecule has 1 aromatic rings. The summed E-state index contributed by atoms with van der Waals surface area (Å²) in [6.07, 6.45) is 4.60. The zero-order valence-corrected chi connectivity index (χ0v) is 12.9. The van der Waals surface area contributed by atoms with Crippen LogP contribution >= 0.6 is 12.4 Å². The van der Waals surface area contributed by atoms with Gasteiger partial charge in [-0.2, -0.15) is 0 Å². The molecule has 2 rings (SSSR count). The molecule has 0 aromatic heterocycles. The Labute approximate surface area is 127 Å². The molecular weight excluding hydrogens is 272 g/mol. The fourth-order valence-corrected chi connectivity index (χ4v) is 2.76. The van der Waals surface area contributed by atoms with E-state index in [1.165, 1.54) is 5.56 Å².